The van der Waals surface area contributed by atoms with E-state index in [1.807, 2.05) is 0 Å². The number of ether oxygens (including phenoxy) is 1. The molecule has 2 aromatic carbocycles. The summed E-state index contributed by atoms with van der Waals surface area (Å²) in [5.41, 5.74) is 3.96. The van der Waals surface area contributed by atoms with Crippen LogP contribution in [-0.2, 0) is 14.4 Å². The standard InChI is InChI=1S/C33H34Cl4N2O4/c1-6-39-23-12-32(2,3)14-25(40)29(23)28(30-24(39)13-33(4,5)15-26(30)41)17-9-21(36)31(22(37)10-17)43-16-27(42)38-18-7-8-19(34)20(35)11-18/h7-11,28H,6,12-16H2,1-5H3,(H,38,42). The van der Waals surface area contributed by atoms with Crippen LogP contribution in [0.2, 0.25) is 20.1 Å². The lowest BCUT2D eigenvalue weighted by Crippen LogP contribution is -2.44. The smallest absolute Gasteiger partial charge is 0.262 e. The van der Waals surface area contributed by atoms with Crippen LogP contribution in [0.3, 0.4) is 0 Å². The van der Waals surface area contributed by atoms with Crippen LogP contribution >= 0.6 is 46.4 Å². The Morgan fingerprint density at radius 3 is 1.86 bits per heavy atom. The van der Waals surface area contributed by atoms with Crippen molar-refractivity contribution in [2.45, 2.75) is 66.2 Å². The highest BCUT2D eigenvalue weighted by Crippen LogP contribution is 2.55. The summed E-state index contributed by atoms with van der Waals surface area (Å²) in [6, 6.07) is 8.13. The number of hydrogen-bond donors (Lipinski definition) is 1. The number of anilines is 1. The van der Waals surface area contributed by atoms with Crippen LogP contribution in [-0.4, -0.2) is 35.5 Å². The highest BCUT2D eigenvalue weighted by Gasteiger charge is 2.48. The van der Waals surface area contributed by atoms with E-state index >= 15 is 0 Å². The molecule has 0 unspecified atom stereocenters. The maximum Gasteiger partial charge on any atom is 0.262 e. The molecule has 43 heavy (non-hydrogen) atoms. The minimum atomic E-state index is -0.581. The van der Waals surface area contributed by atoms with Crippen LogP contribution < -0.4 is 10.1 Å². The van der Waals surface area contributed by atoms with Crippen molar-refractivity contribution in [1.82, 2.24) is 4.90 Å². The van der Waals surface area contributed by atoms with E-state index < -0.39 is 11.8 Å². The van der Waals surface area contributed by atoms with Gasteiger partial charge in [0.15, 0.2) is 23.9 Å². The average Bonchev–Trinajstić information content (AvgIpc) is 2.87. The van der Waals surface area contributed by atoms with Crippen molar-refractivity contribution < 1.29 is 19.1 Å². The van der Waals surface area contributed by atoms with E-state index in [1.54, 1.807) is 24.3 Å². The first kappa shape index (κ1) is 31.9. The molecule has 3 aliphatic rings. The third-order valence-electron chi connectivity index (χ3n) is 8.24. The summed E-state index contributed by atoms with van der Waals surface area (Å²) in [6.45, 7) is 10.8. The van der Waals surface area contributed by atoms with Gasteiger partial charge in [0, 0.05) is 53.5 Å². The molecule has 5 rings (SSSR count). The number of halogens is 4. The van der Waals surface area contributed by atoms with Crippen LogP contribution in [0.5, 0.6) is 5.75 Å². The fourth-order valence-electron chi connectivity index (χ4n) is 6.56. The quantitative estimate of drug-likeness (QED) is 0.334. The first-order chi connectivity index (χ1) is 20.1. The molecule has 1 aliphatic heterocycles. The molecule has 0 atom stereocenters. The van der Waals surface area contributed by atoms with Crippen molar-refractivity contribution in [2.75, 3.05) is 18.5 Å². The van der Waals surface area contributed by atoms with Gasteiger partial charge in [-0.05, 0) is 66.5 Å². The van der Waals surface area contributed by atoms with Crippen LogP contribution in [0, 0.1) is 10.8 Å². The number of benzene rings is 2. The molecule has 0 aromatic heterocycles. The molecule has 228 valence electrons. The van der Waals surface area contributed by atoms with Crippen LogP contribution in [0.25, 0.3) is 0 Å². The molecule has 1 amide bonds. The first-order valence-electron chi connectivity index (χ1n) is 14.3. The Bertz CT molecular complexity index is 1530. The van der Waals surface area contributed by atoms with Crippen molar-refractivity contribution in [3.8, 4) is 5.75 Å². The lowest BCUT2D eigenvalue weighted by Gasteiger charge is -2.49. The molecular weight excluding hydrogens is 630 g/mol. The molecule has 0 saturated heterocycles. The molecule has 1 N–H and O–H groups in total. The van der Waals surface area contributed by atoms with Gasteiger partial charge in [-0.15, -0.1) is 0 Å². The second-order valence-electron chi connectivity index (χ2n) is 13.1. The Hall–Kier alpha value is -2.51. The highest BCUT2D eigenvalue weighted by atomic mass is 35.5. The third-order valence-corrected chi connectivity index (χ3v) is 9.54. The largest absolute Gasteiger partial charge is 0.481 e. The number of amides is 1. The van der Waals surface area contributed by atoms with Crippen LogP contribution in [0.1, 0.15) is 71.8 Å². The average molecular weight is 664 g/mol. The minimum absolute atomic E-state index is 0.0328. The fourth-order valence-corrected chi connectivity index (χ4v) is 7.47. The summed E-state index contributed by atoms with van der Waals surface area (Å²) in [5.74, 6) is -0.826. The number of ketones is 2. The zero-order valence-corrected chi connectivity index (χ0v) is 27.8. The molecule has 0 saturated carbocycles. The molecule has 6 nitrogen and oxygen atoms in total. The maximum atomic E-state index is 13.8. The molecule has 0 spiro atoms. The van der Waals surface area contributed by atoms with Gasteiger partial charge in [0.2, 0.25) is 0 Å². The summed E-state index contributed by atoms with van der Waals surface area (Å²) < 4.78 is 5.74. The summed E-state index contributed by atoms with van der Waals surface area (Å²) in [7, 11) is 0. The lowest BCUT2D eigenvalue weighted by molar-refractivity contribution is -0.120. The number of carbonyl (C=O) groups excluding carboxylic acids is 3. The molecule has 2 aromatic rings. The summed E-state index contributed by atoms with van der Waals surface area (Å²) in [4.78, 5) is 42.4. The topological polar surface area (TPSA) is 75.7 Å². The SMILES string of the molecule is CCN1C2=C(C(=O)CC(C)(C)C2)C(c2cc(Cl)c(OCC(=O)Nc3ccc(Cl)c(Cl)c3)c(Cl)c2)C2=C1CC(C)(C)CC2=O. The highest BCUT2D eigenvalue weighted by molar-refractivity contribution is 6.42. The normalized spacial score (nSPS) is 19.8. The Morgan fingerprint density at radius 1 is 0.837 bits per heavy atom. The molecule has 10 heteroatoms. The van der Waals surface area contributed by atoms with Gasteiger partial charge in [-0.1, -0.05) is 74.1 Å². The fraction of sp³-hybridized carbons (Fsp3) is 0.424. The van der Waals surface area contributed by atoms with Gasteiger partial charge >= 0.3 is 0 Å². The van der Waals surface area contributed by atoms with Gasteiger partial charge in [0.05, 0.1) is 20.1 Å². The minimum Gasteiger partial charge on any atom is -0.481 e. The van der Waals surface area contributed by atoms with Crippen molar-refractivity contribution in [2.24, 2.45) is 10.8 Å². The van der Waals surface area contributed by atoms with E-state index in [1.165, 1.54) is 6.07 Å². The summed E-state index contributed by atoms with van der Waals surface area (Å²) in [5, 5.41) is 3.73. The van der Waals surface area contributed by atoms with E-state index in [4.69, 9.17) is 51.1 Å². The zero-order valence-electron chi connectivity index (χ0n) is 24.8. The lowest BCUT2D eigenvalue weighted by atomic mass is 9.63. The predicted octanol–water partition coefficient (Wildman–Crippen LogP) is 9.02. The number of nitrogens with one attached hydrogen (secondary N) is 1. The summed E-state index contributed by atoms with van der Waals surface area (Å²) in [6.07, 6.45) is 2.22. The first-order valence-corrected chi connectivity index (χ1v) is 15.8. The Kier molecular flexibility index (Phi) is 8.73. The molecule has 0 radical (unpaired) electrons. The van der Waals surface area contributed by atoms with Crippen LogP contribution in [0.15, 0.2) is 52.9 Å². The van der Waals surface area contributed by atoms with E-state index in [0.717, 1.165) is 24.2 Å². The zero-order chi connectivity index (χ0) is 31.4. The van der Waals surface area contributed by atoms with E-state index in [2.05, 4.69) is 44.8 Å². The van der Waals surface area contributed by atoms with Gasteiger partial charge in [-0.3, -0.25) is 14.4 Å². The van der Waals surface area contributed by atoms with E-state index in [-0.39, 0.29) is 44.8 Å². The second kappa shape index (κ2) is 11.8. The Balaban J connectivity index is 1.51. The van der Waals surface area contributed by atoms with Crippen LogP contribution in [0.4, 0.5) is 5.69 Å². The van der Waals surface area contributed by atoms with Gasteiger partial charge in [-0.2, -0.15) is 0 Å². The molecule has 2 aliphatic carbocycles. The molecule has 0 fully saturated rings. The number of carbonyl (C=O) groups is 3. The van der Waals surface area contributed by atoms with Crippen molar-refractivity contribution in [3.63, 3.8) is 0 Å². The van der Waals surface area contributed by atoms with Gasteiger partial charge in [0.25, 0.3) is 5.91 Å². The second-order valence-corrected chi connectivity index (χ2v) is 14.7. The number of rotatable bonds is 6. The molecule has 0 bridgehead atoms. The molecular formula is C33H34Cl4N2O4. The van der Waals surface area contributed by atoms with E-state index in [9.17, 15) is 14.4 Å². The Labute approximate surface area is 272 Å². The van der Waals surface area contributed by atoms with Crippen molar-refractivity contribution in [1.29, 1.82) is 0 Å². The van der Waals surface area contributed by atoms with Gasteiger partial charge in [0.1, 0.15) is 0 Å². The van der Waals surface area contributed by atoms with E-state index in [0.29, 0.717) is 51.8 Å². The van der Waals surface area contributed by atoms with Crippen molar-refractivity contribution in [3.05, 3.63) is 78.5 Å². The Morgan fingerprint density at radius 2 is 1.37 bits per heavy atom. The van der Waals surface area contributed by atoms with Gasteiger partial charge < -0.3 is 15.0 Å². The monoisotopic (exact) mass is 662 g/mol. The number of hydrogen-bond acceptors (Lipinski definition) is 5. The number of allylic oxidation sites excluding steroid dienone is 4. The van der Waals surface area contributed by atoms with Crippen molar-refractivity contribution >= 4 is 69.6 Å². The third kappa shape index (κ3) is 6.35. The summed E-state index contributed by atoms with van der Waals surface area (Å²) >= 11 is 25.4. The number of Topliss-reactive ketones (excluding diaryl/α,β-unsaturated/α-hetero) is 2. The maximum absolute atomic E-state index is 13.8. The predicted molar refractivity (Wildman–Crippen MR) is 172 cm³/mol. The van der Waals surface area contributed by atoms with Gasteiger partial charge in [-0.25, -0.2) is 0 Å². The molecule has 1 heterocycles. The number of nitrogens with zero attached hydrogens (tertiary/aromatic N) is 1.